The van der Waals surface area contributed by atoms with Gasteiger partial charge in [-0.2, -0.15) is 0 Å². The van der Waals surface area contributed by atoms with Crippen molar-refractivity contribution in [1.29, 1.82) is 0 Å². The van der Waals surface area contributed by atoms with Crippen molar-refractivity contribution < 1.29 is 27.8 Å². The number of allylic oxidation sites excluding steroid dienone is 16. The molecule has 0 saturated heterocycles. The first-order chi connectivity index (χ1) is 12.8. The quantitative estimate of drug-likeness (QED) is 0.373. The van der Waals surface area contributed by atoms with Gasteiger partial charge >= 0.3 is 169 Å². The summed E-state index contributed by atoms with van der Waals surface area (Å²) < 4.78 is 6.71. The third kappa shape index (κ3) is 5.97. The van der Waals surface area contributed by atoms with Crippen LogP contribution in [0, 0.1) is 7.43 Å². The van der Waals surface area contributed by atoms with Crippen LogP contribution in [-0.4, -0.2) is 0 Å². The van der Waals surface area contributed by atoms with Crippen molar-refractivity contribution in [3.05, 3.63) is 98.2 Å². The summed E-state index contributed by atoms with van der Waals surface area (Å²) in [5.74, 6) is 0. The molecule has 4 aliphatic carbocycles. The zero-order chi connectivity index (χ0) is 18.2. The van der Waals surface area contributed by atoms with Crippen LogP contribution < -0.4 is 0 Å². The zero-order valence-electron chi connectivity index (χ0n) is 16.4. The minimum Gasteiger partial charge on any atom is 0 e. The average molecular weight is 442 g/mol. The van der Waals surface area contributed by atoms with Gasteiger partial charge in [-0.25, -0.2) is 0 Å². The molecule has 4 rings (SSSR count). The average Bonchev–Trinajstić information content (AvgIpc) is 3.45. The first-order valence-electron chi connectivity index (χ1n) is 9.49. The number of hydrogen-bond acceptors (Lipinski definition) is 0. The minimum atomic E-state index is -0.153. The molecule has 146 valence electrons. The Labute approximate surface area is 175 Å². The van der Waals surface area contributed by atoms with Crippen molar-refractivity contribution in [2.45, 2.75) is 50.2 Å². The predicted octanol–water partition coefficient (Wildman–Crippen LogP) is 7.54. The fraction of sp³-hybridized carbons (Fsp3) is 0.320. The van der Waals surface area contributed by atoms with Crippen LogP contribution in [0.2, 0.25) is 10.6 Å². The Morgan fingerprint density at radius 3 is 0.963 bits per heavy atom. The van der Waals surface area contributed by atoms with Crippen LogP contribution in [-0.2, 0) is 27.8 Å². The van der Waals surface area contributed by atoms with Crippen molar-refractivity contribution in [2.75, 3.05) is 0 Å². The second-order valence-electron chi connectivity index (χ2n) is 6.10. The molecule has 0 heterocycles. The van der Waals surface area contributed by atoms with Crippen LogP contribution >= 0.6 is 0 Å². The van der Waals surface area contributed by atoms with Gasteiger partial charge in [0.1, 0.15) is 0 Å². The van der Waals surface area contributed by atoms with Crippen molar-refractivity contribution in [3.8, 4) is 0 Å². The molecule has 0 unspecified atom stereocenters. The van der Waals surface area contributed by atoms with Gasteiger partial charge in [0.25, 0.3) is 0 Å². The van der Waals surface area contributed by atoms with Crippen molar-refractivity contribution in [3.63, 3.8) is 0 Å². The Kier molecular flexibility index (Phi) is 9.66. The summed E-state index contributed by atoms with van der Waals surface area (Å²) in [5.41, 5.74) is 0. The van der Waals surface area contributed by atoms with E-state index in [2.05, 4.69) is 86.8 Å². The predicted molar refractivity (Wildman–Crippen MR) is 112 cm³/mol. The van der Waals surface area contributed by atoms with Crippen LogP contribution in [0.1, 0.15) is 39.5 Å². The molecule has 0 spiro atoms. The van der Waals surface area contributed by atoms with Crippen molar-refractivity contribution in [1.82, 2.24) is 0 Å². The Hall–Kier alpha value is -1.04. The van der Waals surface area contributed by atoms with E-state index in [0.717, 1.165) is 0 Å². The normalized spacial score (nSPS) is 19.8. The van der Waals surface area contributed by atoms with Gasteiger partial charge in [0.2, 0.25) is 0 Å². The molecular formula is C25H30Fe2. The summed E-state index contributed by atoms with van der Waals surface area (Å²) in [6.07, 6.45) is 32.0. The van der Waals surface area contributed by atoms with Crippen molar-refractivity contribution in [2.24, 2.45) is 0 Å². The second-order valence-corrected chi connectivity index (χ2v) is 12.6. The summed E-state index contributed by atoms with van der Waals surface area (Å²) in [6, 6.07) is 0. The molecule has 0 aromatic heterocycles. The molecule has 0 aromatic rings. The molecule has 0 atom stereocenters. The largest absolute Gasteiger partial charge is 0 e. The molecule has 0 saturated carbocycles. The molecule has 0 aliphatic heterocycles. The first-order valence-corrected chi connectivity index (χ1v) is 13.3. The van der Waals surface area contributed by atoms with Crippen LogP contribution in [0.5, 0.6) is 0 Å². The molecule has 0 fully saturated rings. The molecule has 0 aromatic carbocycles. The van der Waals surface area contributed by atoms with Crippen LogP contribution in [0.3, 0.4) is 0 Å². The Bertz CT molecular complexity index is 614. The molecule has 0 nitrogen and oxygen atoms in total. The maximum absolute atomic E-state index is 2.32. The summed E-state index contributed by atoms with van der Waals surface area (Å²) in [6.45, 7) is 4.64. The van der Waals surface area contributed by atoms with Crippen LogP contribution in [0.15, 0.2) is 90.8 Å². The van der Waals surface area contributed by atoms with E-state index in [-0.39, 0.29) is 35.2 Å². The second kappa shape index (κ2) is 11.7. The summed E-state index contributed by atoms with van der Waals surface area (Å²) in [7, 11) is 0. The van der Waals surface area contributed by atoms with Gasteiger partial charge < -0.3 is 0 Å². The van der Waals surface area contributed by atoms with E-state index in [0.29, 0.717) is 0 Å². The summed E-state index contributed by atoms with van der Waals surface area (Å²) in [5, 5.41) is 2.64. The number of rotatable bonds is 6. The van der Waals surface area contributed by atoms with E-state index < -0.39 is 0 Å². The van der Waals surface area contributed by atoms with E-state index in [1.807, 2.05) is 0 Å². The Balaban J connectivity index is 0.000000187. The van der Waals surface area contributed by atoms with E-state index in [4.69, 9.17) is 0 Å². The molecule has 0 bridgehead atoms. The van der Waals surface area contributed by atoms with Crippen LogP contribution in [0.4, 0.5) is 0 Å². The molecule has 2 heteroatoms. The van der Waals surface area contributed by atoms with Crippen LogP contribution in [0.25, 0.3) is 0 Å². The molecule has 0 N–H and O–H groups in total. The summed E-state index contributed by atoms with van der Waals surface area (Å²) in [4.78, 5) is 0. The van der Waals surface area contributed by atoms with E-state index in [1.54, 1.807) is 17.9 Å². The topological polar surface area (TPSA) is 0 Å². The molecule has 4 aliphatic rings. The minimum absolute atomic E-state index is 0. The third-order valence-electron chi connectivity index (χ3n) is 4.46. The Morgan fingerprint density at radius 2 is 0.815 bits per heavy atom. The maximum atomic E-state index is 2.32. The van der Waals surface area contributed by atoms with Gasteiger partial charge in [0.15, 0.2) is 0 Å². The summed E-state index contributed by atoms with van der Waals surface area (Å²) >= 11 is -0.306. The zero-order valence-corrected chi connectivity index (χ0v) is 18.6. The first kappa shape index (κ1) is 22.3. The number of hydrogen-bond donors (Lipinski definition) is 0. The Morgan fingerprint density at radius 1 is 0.556 bits per heavy atom. The van der Waals surface area contributed by atoms with Gasteiger partial charge in [-0.15, -0.1) is 0 Å². The standard InChI is InChI=1S/4C5H5.2C2H5.C.2Fe/c4*1-2-4-5-3-1;2*1-2;;;/h4*1-3H,4H2;2*1H2,2H3;;;. The van der Waals surface area contributed by atoms with E-state index in [9.17, 15) is 0 Å². The van der Waals surface area contributed by atoms with E-state index >= 15 is 0 Å². The fourth-order valence-corrected chi connectivity index (χ4v) is 9.07. The molecule has 27 heavy (non-hydrogen) atoms. The molecule has 0 amide bonds. The van der Waals surface area contributed by atoms with Gasteiger partial charge in [-0.3, -0.25) is 0 Å². The molecular weight excluding hydrogens is 412 g/mol. The fourth-order valence-electron chi connectivity index (χ4n) is 3.23. The van der Waals surface area contributed by atoms with Gasteiger partial charge in [0.05, 0.1) is 0 Å². The maximum Gasteiger partial charge on any atom is 0 e. The third-order valence-corrected chi connectivity index (χ3v) is 11.1. The monoisotopic (exact) mass is 442 g/mol. The van der Waals surface area contributed by atoms with Gasteiger partial charge in [-0.05, 0) is 0 Å². The molecule has 4 radical (unpaired) electrons. The van der Waals surface area contributed by atoms with E-state index in [1.165, 1.54) is 36.3 Å². The van der Waals surface area contributed by atoms with Gasteiger partial charge in [0, 0.05) is 7.43 Å². The smallest absolute Gasteiger partial charge is 0 e. The SMILES string of the molecule is C[CH2][Fe]([C]1=CC=CC1)[C]1=CC=CC1.C[CH2][Fe]([C]1=CC=CC1)[C]1=CC=CC1.[C]. The van der Waals surface area contributed by atoms with Crippen molar-refractivity contribution >= 4 is 0 Å². The van der Waals surface area contributed by atoms with Gasteiger partial charge in [-0.1, -0.05) is 0 Å².